The number of rotatable bonds is 7. The quantitative estimate of drug-likeness (QED) is 0.516. The maximum absolute atomic E-state index is 13.6. The number of likely N-dealkylation sites (N-methyl/N-ethyl adjacent to an activating group) is 1. The van der Waals surface area contributed by atoms with E-state index in [1.54, 1.807) is 38.4 Å². The summed E-state index contributed by atoms with van der Waals surface area (Å²) in [6.07, 6.45) is -0.0785. The second-order valence-corrected chi connectivity index (χ2v) is 7.39. The fourth-order valence-electron chi connectivity index (χ4n) is 3.09. The Morgan fingerprint density at radius 1 is 1.25 bits per heavy atom. The van der Waals surface area contributed by atoms with Gasteiger partial charge in [0.25, 0.3) is 5.91 Å². The van der Waals surface area contributed by atoms with Crippen molar-refractivity contribution in [3.05, 3.63) is 58.4 Å². The highest BCUT2D eigenvalue weighted by Crippen LogP contribution is 2.30. The molecular formula is C21H21FN4O6. The third kappa shape index (κ3) is 5.17. The van der Waals surface area contributed by atoms with Gasteiger partial charge in [-0.15, -0.1) is 0 Å². The smallest absolute Gasteiger partial charge is 0.306 e. The SMILES string of the molecule is CN(C)C(=O)COc1ccc(NC(=O)C2CC(=O)N(c3ccc(F)c([N+](=O)[O-])c3)C2)cc1. The normalized spacial score (nSPS) is 15.4. The van der Waals surface area contributed by atoms with E-state index in [1.165, 1.54) is 15.9 Å². The molecule has 3 amide bonds. The van der Waals surface area contributed by atoms with Gasteiger partial charge in [-0.3, -0.25) is 24.5 Å². The molecule has 1 aliphatic rings. The lowest BCUT2D eigenvalue weighted by atomic mass is 10.1. The molecule has 0 spiro atoms. The lowest BCUT2D eigenvalue weighted by Gasteiger charge is -2.17. The summed E-state index contributed by atoms with van der Waals surface area (Å²) in [4.78, 5) is 49.2. The number of hydrogen-bond donors (Lipinski definition) is 1. The molecule has 1 atom stereocenters. The largest absolute Gasteiger partial charge is 0.484 e. The van der Waals surface area contributed by atoms with Gasteiger partial charge in [0.2, 0.25) is 17.6 Å². The third-order valence-electron chi connectivity index (χ3n) is 4.92. The predicted octanol–water partition coefficient (Wildman–Crippen LogP) is 2.19. The number of carbonyl (C=O) groups excluding carboxylic acids is 3. The summed E-state index contributed by atoms with van der Waals surface area (Å²) in [5.74, 6) is -2.20. The van der Waals surface area contributed by atoms with Crippen molar-refractivity contribution in [1.29, 1.82) is 0 Å². The molecule has 1 fully saturated rings. The Morgan fingerprint density at radius 2 is 1.94 bits per heavy atom. The molecule has 0 radical (unpaired) electrons. The van der Waals surface area contributed by atoms with Crippen molar-refractivity contribution in [2.75, 3.05) is 37.5 Å². The van der Waals surface area contributed by atoms with Crippen LogP contribution in [-0.2, 0) is 14.4 Å². The Labute approximate surface area is 182 Å². The molecular weight excluding hydrogens is 423 g/mol. The number of nitro benzene ring substituents is 1. The number of anilines is 2. The van der Waals surface area contributed by atoms with Crippen molar-refractivity contribution in [1.82, 2.24) is 4.90 Å². The molecule has 0 aliphatic carbocycles. The molecule has 1 saturated heterocycles. The second kappa shape index (κ2) is 9.41. The molecule has 0 aromatic heterocycles. The Kier molecular flexibility index (Phi) is 6.67. The number of benzene rings is 2. The predicted molar refractivity (Wildman–Crippen MR) is 113 cm³/mol. The Balaban J connectivity index is 1.61. The Bertz CT molecular complexity index is 1060. The highest BCUT2D eigenvalue weighted by molar-refractivity contribution is 6.03. The number of amides is 3. The summed E-state index contributed by atoms with van der Waals surface area (Å²) in [7, 11) is 3.24. The molecule has 2 aromatic rings. The van der Waals surface area contributed by atoms with Crippen LogP contribution in [0.4, 0.5) is 21.5 Å². The fraction of sp³-hybridized carbons (Fsp3) is 0.286. The highest BCUT2D eigenvalue weighted by Gasteiger charge is 2.36. The molecule has 10 nitrogen and oxygen atoms in total. The molecule has 1 unspecified atom stereocenters. The number of nitrogens with zero attached hydrogens (tertiary/aromatic N) is 3. The lowest BCUT2D eigenvalue weighted by molar-refractivity contribution is -0.387. The average molecular weight is 444 g/mol. The molecule has 32 heavy (non-hydrogen) atoms. The molecule has 0 bridgehead atoms. The lowest BCUT2D eigenvalue weighted by Crippen LogP contribution is -2.28. The van der Waals surface area contributed by atoms with Crippen LogP contribution < -0.4 is 15.0 Å². The molecule has 2 aromatic carbocycles. The van der Waals surface area contributed by atoms with Crippen LogP contribution in [0.25, 0.3) is 0 Å². The first kappa shape index (κ1) is 22.7. The van der Waals surface area contributed by atoms with Crippen LogP contribution in [0.1, 0.15) is 6.42 Å². The van der Waals surface area contributed by atoms with E-state index in [2.05, 4.69) is 5.32 Å². The number of hydrogen-bond acceptors (Lipinski definition) is 6. The van der Waals surface area contributed by atoms with Gasteiger partial charge in [-0.25, -0.2) is 0 Å². The minimum absolute atomic E-state index is 0.0152. The van der Waals surface area contributed by atoms with Crippen molar-refractivity contribution in [2.24, 2.45) is 5.92 Å². The van der Waals surface area contributed by atoms with Crippen molar-refractivity contribution < 1.29 is 28.4 Å². The van der Waals surface area contributed by atoms with Gasteiger partial charge in [-0.1, -0.05) is 0 Å². The molecule has 1 N–H and O–H groups in total. The number of ether oxygens (including phenoxy) is 1. The van der Waals surface area contributed by atoms with Gasteiger partial charge in [0, 0.05) is 38.8 Å². The summed E-state index contributed by atoms with van der Waals surface area (Å²) >= 11 is 0. The molecule has 0 saturated carbocycles. The maximum Gasteiger partial charge on any atom is 0.306 e. The molecule has 11 heteroatoms. The minimum atomic E-state index is -1.00. The fourth-order valence-corrected chi connectivity index (χ4v) is 3.09. The topological polar surface area (TPSA) is 122 Å². The first-order chi connectivity index (χ1) is 15.2. The van der Waals surface area contributed by atoms with Gasteiger partial charge in [0.05, 0.1) is 16.5 Å². The van der Waals surface area contributed by atoms with E-state index in [9.17, 15) is 28.9 Å². The van der Waals surface area contributed by atoms with E-state index in [0.717, 1.165) is 12.1 Å². The van der Waals surface area contributed by atoms with E-state index < -0.39 is 28.3 Å². The molecule has 3 rings (SSSR count). The van der Waals surface area contributed by atoms with E-state index in [-0.39, 0.29) is 37.1 Å². The second-order valence-electron chi connectivity index (χ2n) is 7.39. The van der Waals surface area contributed by atoms with Gasteiger partial charge >= 0.3 is 5.69 Å². The van der Waals surface area contributed by atoms with Crippen LogP contribution in [0.15, 0.2) is 42.5 Å². The van der Waals surface area contributed by atoms with Crippen molar-refractivity contribution in [2.45, 2.75) is 6.42 Å². The van der Waals surface area contributed by atoms with E-state index in [4.69, 9.17) is 4.74 Å². The van der Waals surface area contributed by atoms with E-state index in [0.29, 0.717) is 11.4 Å². The molecule has 168 valence electrons. The minimum Gasteiger partial charge on any atom is -0.484 e. The summed E-state index contributed by atoms with van der Waals surface area (Å²) in [5, 5.41) is 13.7. The zero-order valence-corrected chi connectivity index (χ0v) is 17.4. The summed E-state index contributed by atoms with van der Waals surface area (Å²) in [6.45, 7) is -0.0957. The van der Waals surface area contributed by atoms with Crippen LogP contribution >= 0.6 is 0 Å². The maximum atomic E-state index is 13.6. The van der Waals surface area contributed by atoms with Crippen LogP contribution in [-0.4, -0.2) is 54.8 Å². The van der Waals surface area contributed by atoms with Crippen LogP contribution in [0.2, 0.25) is 0 Å². The summed E-state index contributed by atoms with van der Waals surface area (Å²) < 4.78 is 18.9. The summed E-state index contributed by atoms with van der Waals surface area (Å²) in [5.41, 5.74) is -0.102. The van der Waals surface area contributed by atoms with Crippen molar-refractivity contribution >= 4 is 34.8 Å². The van der Waals surface area contributed by atoms with E-state index in [1.807, 2.05) is 0 Å². The third-order valence-corrected chi connectivity index (χ3v) is 4.92. The van der Waals surface area contributed by atoms with Crippen molar-refractivity contribution in [3.8, 4) is 5.75 Å². The number of nitro groups is 1. The van der Waals surface area contributed by atoms with E-state index >= 15 is 0 Å². The Hall–Kier alpha value is -4.02. The zero-order chi connectivity index (χ0) is 23.4. The summed E-state index contributed by atoms with van der Waals surface area (Å²) in [6, 6.07) is 9.57. The zero-order valence-electron chi connectivity index (χ0n) is 17.4. The monoisotopic (exact) mass is 444 g/mol. The van der Waals surface area contributed by atoms with Gasteiger partial charge in [-0.2, -0.15) is 4.39 Å². The molecule has 1 aliphatic heterocycles. The van der Waals surface area contributed by atoms with Gasteiger partial charge < -0.3 is 19.9 Å². The first-order valence-electron chi connectivity index (χ1n) is 9.64. The van der Waals surface area contributed by atoms with Crippen LogP contribution in [0, 0.1) is 21.8 Å². The Morgan fingerprint density at radius 3 is 2.56 bits per heavy atom. The molecule has 1 heterocycles. The highest BCUT2D eigenvalue weighted by atomic mass is 19.1. The number of halogens is 1. The van der Waals surface area contributed by atoms with Crippen molar-refractivity contribution in [3.63, 3.8) is 0 Å². The van der Waals surface area contributed by atoms with Gasteiger partial charge in [0.15, 0.2) is 6.61 Å². The average Bonchev–Trinajstić information content (AvgIpc) is 3.14. The van der Waals surface area contributed by atoms with Gasteiger partial charge in [-0.05, 0) is 36.4 Å². The van der Waals surface area contributed by atoms with Crippen LogP contribution in [0.5, 0.6) is 5.75 Å². The van der Waals surface area contributed by atoms with Gasteiger partial charge in [0.1, 0.15) is 5.75 Å². The first-order valence-corrected chi connectivity index (χ1v) is 9.64. The standard InChI is InChI=1S/C21H21FN4O6/c1-24(2)20(28)12-32-16-6-3-14(4-7-16)23-21(29)13-9-19(27)25(11-13)15-5-8-17(22)18(10-15)26(30)31/h3-8,10,13H,9,11-12H2,1-2H3,(H,23,29). The number of nitrogens with one attached hydrogen (secondary N) is 1. The number of carbonyl (C=O) groups is 3. The van der Waals surface area contributed by atoms with Crippen LogP contribution in [0.3, 0.4) is 0 Å².